The summed E-state index contributed by atoms with van der Waals surface area (Å²) in [5.74, 6) is -0.890. The smallest absolute Gasteiger partial charge is 0.306 e. The highest BCUT2D eigenvalue weighted by Gasteiger charge is 2.19. The number of hydrogen-bond acceptors (Lipinski definition) is 6. The van der Waals surface area contributed by atoms with E-state index in [0.717, 1.165) is 103 Å². The van der Waals surface area contributed by atoms with Gasteiger partial charge in [-0.15, -0.1) is 0 Å². The van der Waals surface area contributed by atoms with E-state index < -0.39 is 6.10 Å². The number of rotatable bonds is 59. The molecule has 1 atom stereocenters. The summed E-state index contributed by atoms with van der Waals surface area (Å²) in [7, 11) is 0. The van der Waals surface area contributed by atoms with Crippen LogP contribution in [0.2, 0.25) is 0 Å². The van der Waals surface area contributed by atoms with E-state index in [1.807, 2.05) is 0 Å². The maximum atomic E-state index is 12.8. The summed E-state index contributed by atoms with van der Waals surface area (Å²) in [4.78, 5) is 37.9. The molecule has 0 saturated carbocycles. The number of carbonyl (C=O) groups is 3. The third-order valence-corrected chi connectivity index (χ3v) is 14.2. The average molecular weight is 1050 g/mol. The van der Waals surface area contributed by atoms with Gasteiger partial charge >= 0.3 is 17.9 Å². The molecular formula is C69H122O6. The van der Waals surface area contributed by atoms with Crippen LogP contribution in [0.3, 0.4) is 0 Å². The average Bonchev–Trinajstić information content (AvgIpc) is 3.41. The van der Waals surface area contributed by atoms with Gasteiger partial charge in [-0.05, 0) is 89.9 Å². The molecule has 0 aromatic rings. The van der Waals surface area contributed by atoms with E-state index >= 15 is 0 Å². The third kappa shape index (κ3) is 61.6. The van der Waals surface area contributed by atoms with Gasteiger partial charge in [-0.25, -0.2) is 0 Å². The van der Waals surface area contributed by atoms with Crippen LogP contribution in [-0.4, -0.2) is 37.2 Å². The van der Waals surface area contributed by atoms with Crippen molar-refractivity contribution < 1.29 is 28.6 Å². The van der Waals surface area contributed by atoms with Crippen molar-refractivity contribution in [2.75, 3.05) is 13.2 Å². The summed E-state index contributed by atoms with van der Waals surface area (Å²) in [6.07, 6.45) is 82.6. The molecule has 6 heteroatoms. The quantitative estimate of drug-likeness (QED) is 0.0261. The van der Waals surface area contributed by atoms with Crippen molar-refractivity contribution in [2.24, 2.45) is 0 Å². The zero-order valence-corrected chi connectivity index (χ0v) is 49.8. The lowest BCUT2D eigenvalue weighted by Gasteiger charge is -2.18. The molecule has 1 unspecified atom stereocenters. The number of ether oxygens (including phenoxy) is 3. The van der Waals surface area contributed by atoms with Gasteiger partial charge in [0.1, 0.15) is 13.2 Å². The molecule has 0 aromatic carbocycles. The van der Waals surface area contributed by atoms with Gasteiger partial charge in [-0.3, -0.25) is 14.4 Å². The van der Waals surface area contributed by atoms with Gasteiger partial charge in [-0.2, -0.15) is 0 Å². The Morgan fingerprint density at radius 3 is 0.827 bits per heavy atom. The van der Waals surface area contributed by atoms with Gasteiger partial charge in [0.05, 0.1) is 0 Å². The summed E-state index contributed by atoms with van der Waals surface area (Å²) < 4.78 is 16.8. The Morgan fingerprint density at radius 1 is 0.280 bits per heavy atom. The lowest BCUT2D eigenvalue weighted by Crippen LogP contribution is -2.30. The van der Waals surface area contributed by atoms with E-state index in [4.69, 9.17) is 14.2 Å². The first-order valence-corrected chi connectivity index (χ1v) is 32.4. The van der Waals surface area contributed by atoms with Gasteiger partial charge in [0, 0.05) is 19.3 Å². The highest BCUT2D eigenvalue weighted by molar-refractivity contribution is 5.71. The fourth-order valence-electron chi connectivity index (χ4n) is 9.35. The second-order valence-corrected chi connectivity index (χ2v) is 21.6. The van der Waals surface area contributed by atoms with Crippen molar-refractivity contribution in [3.63, 3.8) is 0 Å². The molecule has 0 bridgehead atoms. The van der Waals surface area contributed by atoms with Crippen LogP contribution in [0.15, 0.2) is 72.9 Å². The van der Waals surface area contributed by atoms with E-state index in [1.54, 1.807) is 0 Å². The first-order chi connectivity index (χ1) is 37.0. The van der Waals surface area contributed by atoms with E-state index in [9.17, 15) is 14.4 Å². The Kier molecular flexibility index (Phi) is 60.7. The summed E-state index contributed by atoms with van der Waals surface area (Å²) in [6.45, 7) is 6.47. The van der Waals surface area contributed by atoms with Crippen LogP contribution in [0, 0.1) is 0 Å². The fraction of sp³-hybridized carbons (Fsp3) is 0.783. The Bertz CT molecular complexity index is 1390. The predicted octanol–water partition coefficient (Wildman–Crippen LogP) is 22.1. The second kappa shape index (κ2) is 63.4. The van der Waals surface area contributed by atoms with Gasteiger partial charge in [0.15, 0.2) is 6.10 Å². The van der Waals surface area contributed by atoms with Crippen LogP contribution in [-0.2, 0) is 28.6 Å². The summed E-state index contributed by atoms with van der Waals surface area (Å²) in [5.41, 5.74) is 0. The third-order valence-electron chi connectivity index (χ3n) is 14.2. The van der Waals surface area contributed by atoms with E-state index in [2.05, 4.69) is 93.7 Å². The van der Waals surface area contributed by atoms with Gasteiger partial charge < -0.3 is 14.2 Å². The molecule has 0 aliphatic carbocycles. The van der Waals surface area contributed by atoms with Crippen molar-refractivity contribution in [1.29, 1.82) is 0 Å². The van der Waals surface area contributed by atoms with Crippen molar-refractivity contribution >= 4 is 17.9 Å². The minimum absolute atomic E-state index is 0.0777. The molecule has 0 amide bonds. The summed E-state index contributed by atoms with van der Waals surface area (Å²) in [5, 5.41) is 0. The molecule has 0 rings (SSSR count). The second-order valence-electron chi connectivity index (χ2n) is 21.6. The van der Waals surface area contributed by atoms with Crippen LogP contribution in [0.1, 0.15) is 329 Å². The van der Waals surface area contributed by atoms with E-state index in [-0.39, 0.29) is 31.1 Å². The van der Waals surface area contributed by atoms with Crippen LogP contribution in [0.4, 0.5) is 0 Å². The van der Waals surface area contributed by atoms with Crippen molar-refractivity contribution in [3.05, 3.63) is 72.9 Å². The minimum atomic E-state index is -0.778. The fourth-order valence-corrected chi connectivity index (χ4v) is 9.35. The molecule has 6 nitrogen and oxygen atoms in total. The molecule has 0 aliphatic rings. The van der Waals surface area contributed by atoms with Crippen molar-refractivity contribution in [2.45, 2.75) is 335 Å². The summed E-state index contributed by atoms with van der Waals surface area (Å²) in [6, 6.07) is 0. The van der Waals surface area contributed by atoms with Crippen molar-refractivity contribution in [3.8, 4) is 0 Å². The lowest BCUT2D eigenvalue weighted by atomic mass is 10.0. The minimum Gasteiger partial charge on any atom is -0.462 e. The molecule has 0 saturated heterocycles. The number of allylic oxidation sites excluding steroid dienone is 12. The summed E-state index contributed by atoms with van der Waals surface area (Å²) >= 11 is 0. The molecule has 0 aromatic heterocycles. The van der Waals surface area contributed by atoms with Crippen LogP contribution >= 0.6 is 0 Å². The SMILES string of the molecule is CC/C=C\C/C=C\C/C=C\C/C=C\C/C=C\CCCCCCCCCC(=O)OC(COC(=O)CCCCCCC)COC(=O)CCCCCCCCCCCCCCCCCCC/C=C\CCCCCCCCCC. The largest absolute Gasteiger partial charge is 0.462 e. The highest BCUT2D eigenvalue weighted by Crippen LogP contribution is 2.17. The maximum Gasteiger partial charge on any atom is 0.306 e. The number of unbranched alkanes of at least 4 members (excludes halogenated alkanes) is 36. The first kappa shape index (κ1) is 71.8. The van der Waals surface area contributed by atoms with E-state index in [1.165, 1.54) is 186 Å². The molecule has 0 fully saturated rings. The predicted molar refractivity (Wildman–Crippen MR) is 325 cm³/mol. The number of esters is 3. The molecular weight excluding hydrogens is 925 g/mol. The topological polar surface area (TPSA) is 78.9 Å². The molecule has 0 spiro atoms. The highest BCUT2D eigenvalue weighted by atomic mass is 16.6. The van der Waals surface area contributed by atoms with Gasteiger partial charge in [0.2, 0.25) is 0 Å². The zero-order chi connectivity index (χ0) is 54.3. The van der Waals surface area contributed by atoms with Crippen molar-refractivity contribution in [1.82, 2.24) is 0 Å². The number of hydrogen-bond donors (Lipinski definition) is 0. The molecule has 434 valence electrons. The first-order valence-electron chi connectivity index (χ1n) is 32.4. The molecule has 0 aliphatic heterocycles. The Hall–Kier alpha value is -3.15. The molecule has 0 N–H and O–H groups in total. The standard InChI is InChI=1S/C69H122O6/c1-4-7-10-13-15-17-19-21-23-25-27-29-31-32-33-34-35-36-38-39-41-43-45-47-49-51-53-56-59-62-68(71)74-65-66(64-73-67(70)61-58-55-12-9-6-3)75-69(72)63-60-57-54-52-50-48-46-44-42-40-37-30-28-26-24-22-20-18-16-14-11-8-5-2/h8,11,16,18,22,24-25,27-28,30,40,42,66H,4-7,9-10,12-15,17,19-21,23,26,29,31-39,41,43-65H2,1-3H3/b11-8-,18-16-,24-22-,27-25-,30-28-,42-40-. The Labute approximate surface area is 465 Å². The van der Waals surface area contributed by atoms with Crippen LogP contribution in [0.5, 0.6) is 0 Å². The molecule has 0 heterocycles. The molecule has 0 radical (unpaired) electrons. The Balaban J connectivity index is 4.01. The Morgan fingerprint density at radius 2 is 0.520 bits per heavy atom. The monoisotopic (exact) mass is 1050 g/mol. The van der Waals surface area contributed by atoms with Crippen LogP contribution < -0.4 is 0 Å². The lowest BCUT2D eigenvalue weighted by molar-refractivity contribution is -0.167. The number of carbonyl (C=O) groups excluding carboxylic acids is 3. The molecule has 75 heavy (non-hydrogen) atoms. The van der Waals surface area contributed by atoms with Gasteiger partial charge in [-0.1, -0.05) is 293 Å². The van der Waals surface area contributed by atoms with E-state index in [0.29, 0.717) is 19.3 Å². The maximum absolute atomic E-state index is 12.8. The normalized spacial score (nSPS) is 12.5. The van der Waals surface area contributed by atoms with Crippen LogP contribution in [0.25, 0.3) is 0 Å². The zero-order valence-electron chi connectivity index (χ0n) is 49.8. The van der Waals surface area contributed by atoms with Gasteiger partial charge in [0.25, 0.3) is 0 Å².